The van der Waals surface area contributed by atoms with Crippen LogP contribution in [0.25, 0.3) is 0 Å². The molecule has 5 nitrogen and oxygen atoms in total. The lowest BCUT2D eigenvalue weighted by molar-refractivity contribution is 0.232. The highest BCUT2D eigenvalue weighted by atomic mass is 15.3. The quantitative estimate of drug-likeness (QED) is 0.810. The van der Waals surface area contributed by atoms with Crippen LogP contribution in [-0.2, 0) is 13.0 Å². The summed E-state index contributed by atoms with van der Waals surface area (Å²) >= 11 is 0. The van der Waals surface area contributed by atoms with Crippen molar-refractivity contribution in [1.29, 1.82) is 0 Å². The molecule has 1 atom stereocenters. The maximum Gasteiger partial charge on any atom is 0.225 e. The van der Waals surface area contributed by atoms with Crippen LogP contribution >= 0.6 is 0 Å². The summed E-state index contributed by atoms with van der Waals surface area (Å²) in [5.41, 5.74) is 2.55. The molecule has 2 aromatic heterocycles. The number of pyridine rings is 1. The van der Waals surface area contributed by atoms with Crippen LogP contribution in [0.15, 0.2) is 36.8 Å². The second-order valence-corrected chi connectivity index (χ2v) is 7.20. The number of aryl methyl sites for hydroxylation is 1. The fourth-order valence-corrected chi connectivity index (χ4v) is 4.06. The van der Waals surface area contributed by atoms with E-state index in [1.807, 2.05) is 18.6 Å². The van der Waals surface area contributed by atoms with Crippen LogP contribution in [0.1, 0.15) is 43.4 Å². The summed E-state index contributed by atoms with van der Waals surface area (Å²) in [6.45, 7) is 4.33. The van der Waals surface area contributed by atoms with Crippen LogP contribution in [0.4, 0.5) is 5.95 Å². The van der Waals surface area contributed by atoms with Gasteiger partial charge in [-0.2, -0.15) is 0 Å². The topological polar surface area (TPSA) is 45.2 Å². The molecular formula is C20H27N5. The Morgan fingerprint density at radius 3 is 2.64 bits per heavy atom. The van der Waals surface area contributed by atoms with Gasteiger partial charge in [0.2, 0.25) is 5.95 Å². The lowest BCUT2D eigenvalue weighted by Crippen LogP contribution is -2.30. The minimum Gasteiger partial charge on any atom is -0.341 e. The smallest absolute Gasteiger partial charge is 0.225 e. The number of hydrogen-bond donors (Lipinski definition) is 0. The van der Waals surface area contributed by atoms with E-state index < -0.39 is 0 Å². The highest BCUT2D eigenvalue weighted by Gasteiger charge is 2.25. The van der Waals surface area contributed by atoms with Gasteiger partial charge in [0.25, 0.3) is 0 Å². The Morgan fingerprint density at radius 1 is 0.960 bits per heavy atom. The fraction of sp³-hybridized carbons (Fsp3) is 0.550. The molecule has 0 aliphatic carbocycles. The van der Waals surface area contributed by atoms with E-state index in [1.165, 1.54) is 44.2 Å². The number of likely N-dealkylation sites (tertiary alicyclic amines) is 1. The minimum atomic E-state index is 0.665. The Labute approximate surface area is 150 Å². The summed E-state index contributed by atoms with van der Waals surface area (Å²) in [6.07, 6.45) is 13.2. The van der Waals surface area contributed by atoms with E-state index in [-0.39, 0.29) is 0 Å². The fourth-order valence-electron chi connectivity index (χ4n) is 4.06. The molecule has 2 saturated heterocycles. The highest BCUT2D eigenvalue weighted by molar-refractivity contribution is 5.31. The third kappa shape index (κ3) is 4.15. The summed E-state index contributed by atoms with van der Waals surface area (Å²) in [5, 5.41) is 0. The first-order valence-corrected chi connectivity index (χ1v) is 9.58. The number of hydrogen-bond acceptors (Lipinski definition) is 5. The molecule has 4 rings (SSSR count). The molecule has 0 radical (unpaired) electrons. The summed E-state index contributed by atoms with van der Waals surface area (Å²) in [5.74, 6) is 0.919. The first-order chi connectivity index (χ1) is 12.4. The number of anilines is 1. The maximum atomic E-state index is 4.84. The predicted molar refractivity (Wildman–Crippen MR) is 99.5 cm³/mol. The van der Waals surface area contributed by atoms with Crippen molar-refractivity contribution in [3.8, 4) is 0 Å². The molecular weight excluding hydrogens is 310 g/mol. The molecule has 2 fully saturated rings. The van der Waals surface area contributed by atoms with Gasteiger partial charge in [0.1, 0.15) is 0 Å². The largest absolute Gasteiger partial charge is 0.341 e. The van der Waals surface area contributed by atoms with Crippen molar-refractivity contribution in [2.24, 2.45) is 0 Å². The van der Waals surface area contributed by atoms with Crippen LogP contribution in [0.3, 0.4) is 0 Å². The molecule has 2 aliphatic heterocycles. The first kappa shape index (κ1) is 16.5. The van der Waals surface area contributed by atoms with Crippen LogP contribution in [0.2, 0.25) is 0 Å². The Balaban J connectivity index is 1.37. The summed E-state index contributed by atoms with van der Waals surface area (Å²) < 4.78 is 0. The van der Waals surface area contributed by atoms with Crippen molar-refractivity contribution in [2.45, 2.75) is 51.1 Å². The second-order valence-electron chi connectivity index (χ2n) is 7.20. The third-order valence-corrected chi connectivity index (χ3v) is 5.47. The molecule has 132 valence electrons. The molecule has 0 amide bonds. The average Bonchev–Trinajstić information content (AvgIpc) is 3.33. The molecule has 0 N–H and O–H groups in total. The highest BCUT2D eigenvalue weighted by Crippen LogP contribution is 2.24. The lowest BCUT2D eigenvalue weighted by atomic mass is 10.0. The van der Waals surface area contributed by atoms with Crippen LogP contribution in [0, 0.1) is 0 Å². The van der Waals surface area contributed by atoms with Gasteiger partial charge in [-0.25, -0.2) is 9.97 Å². The van der Waals surface area contributed by atoms with E-state index in [2.05, 4.69) is 38.0 Å². The minimum absolute atomic E-state index is 0.665. The number of nitrogens with zero attached hydrogens (tertiary/aromatic N) is 5. The maximum absolute atomic E-state index is 4.84. The zero-order valence-corrected chi connectivity index (χ0v) is 14.8. The van der Waals surface area contributed by atoms with Crippen LogP contribution < -0.4 is 4.90 Å². The molecule has 0 bridgehead atoms. The Bertz CT molecular complexity index is 669. The molecule has 4 heterocycles. The molecule has 25 heavy (non-hydrogen) atoms. The number of rotatable bonds is 6. The van der Waals surface area contributed by atoms with Crippen molar-refractivity contribution >= 4 is 5.95 Å². The van der Waals surface area contributed by atoms with E-state index >= 15 is 0 Å². The van der Waals surface area contributed by atoms with Gasteiger partial charge >= 0.3 is 0 Å². The van der Waals surface area contributed by atoms with Gasteiger partial charge in [-0.1, -0.05) is 0 Å². The van der Waals surface area contributed by atoms with Crippen molar-refractivity contribution in [3.63, 3.8) is 0 Å². The van der Waals surface area contributed by atoms with E-state index in [9.17, 15) is 0 Å². The van der Waals surface area contributed by atoms with Gasteiger partial charge in [-0.05, 0) is 68.8 Å². The third-order valence-electron chi connectivity index (χ3n) is 5.47. The Morgan fingerprint density at radius 2 is 1.80 bits per heavy atom. The van der Waals surface area contributed by atoms with Gasteiger partial charge in [0.05, 0.1) is 5.69 Å². The molecule has 0 aromatic carbocycles. The summed E-state index contributed by atoms with van der Waals surface area (Å²) in [4.78, 5) is 18.3. The summed E-state index contributed by atoms with van der Waals surface area (Å²) in [6, 6.07) is 7.01. The monoisotopic (exact) mass is 337 g/mol. The van der Waals surface area contributed by atoms with Crippen LogP contribution in [0.5, 0.6) is 0 Å². The number of aromatic nitrogens is 3. The summed E-state index contributed by atoms with van der Waals surface area (Å²) in [7, 11) is 0. The second kappa shape index (κ2) is 7.91. The van der Waals surface area contributed by atoms with Crippen LogP contribution in [-0.4, -0.2) is 45.5 Å². The van der Waals surface area contributed by atoms with Gasteiger partial charge < -0.3 is 4.90 Å². The molecule has 0 unspecified atom stereocenters. The van der Waals surface area contributed by atoms with Gasteiger partial charge in [0.15, 0.2) is 0 Å². The zero-order chi connectivity index (χ0) is 16.9. The molecule has 0 saturated carbocycles. The van der Waals surface area contributed by atoms with Crippen molar-refractivity contribution in [1.82, 2.24) is 19.9 Å². The van der Waals surface area contributed by atoms with E-state index in [4.69, 9.17) is 4.98 Å². The Hall–Kier alpha value is -2.01. The van der Waals surface area contributed by atoms with Gasteiger partial charge in [0, 0.05) is 44.3 Å². The van der Waals surface area contributed by atoms with Gasteiger partial charge in [-0.3, -0.25) is 9.88 Å². The van der Waals surface area contributed by atoms with E-state index in [0.717, 1.165) is 37.7 Å². The van der Waals surface area contributed by atoms with Crippen molar-refractivity contribution < 1.29 is 0 Å². The first-order valence-electron chi connectivity index (χ1n) is 9.58. The molecule has 0 spiro atoms. The van der Waals surface area contributed by atoms with E-state index in [0.29, 0.717) is 6.04 Å². The van der Waals surface area contributed by atoms with E-state index in [1.54, 1.807) is 0 Å². The molecule has 2 aromatic rings. The van der Waals surface area contributed by atoms with Gasteiger partial charge in [-0.15, -0.1) is 0 Å². The molecule has 5 heteroatoms. The normalized spacial score (nSPS) is 21.1. The molecule has 2 aliphatic rings. The Kier molecular flexibility index (Phi) is 5.21. The SMILES string of the molecule is c1cc(CC[C@H]2CCCN2Cc2ccnc(N3CCCC3)n2)ccn1. The average molecular weight is 337 g/mol. The van der Waals surface area contributed by atoms with Crippen molar-refractivity contribution in [3.05, 3.63) is 48.0 Å². The van der Waals surface area contributed by atoms with Crippen molar-refractivity contribution in [2.75, 3.05) is 24.5 Å². The predicted octanol–water partition coefficient (Wildman–Crippen LogP) is 3.07. The zero-order valence-electron chi connectivity index (χ0n) is 14.8. The lowest BCUT2D eigenvalue weighted by Gasteiger charge is -2.24. The standard InChI is InChI=1S/C20H27N5/c1-2-14-24(13-1)20-22-12-9-18(23-20)16-25-15-3-4-19(25)6-5-17-7-10-21-11-8-17/h7-12,19H,1-6,13-16H2/t19-/m1/s1.